The van der Waals surface area contributed by atoms with E-state index in [1.165, 1.54) is 25.0 Å². The molecule has 27 heavy (non-hydrogen) atoms. The molecule has 0 bridgehead atoms. The third-order valence-corrected chi connectivity index (χ3v) is 4.36. The van der Waals surface area contributed by atoms with Crippen molar-refractivity contribution in [2.45, 2.75) is 0 Å². The number of carbonyl (C=O) groups excluding carboxylic acids is 2. The average Bonchev–Trinajstić information content (AvgIpc) is 3.09. The van der Waals surface area contributed by atoms with Crippen LogP contribution < -0.4 is 0 Å². The van der Waals surface area contributed by atoms with Crippen molar-refractivity contribution in [3.05, 3.63) is 64.3 Å². The number of aromatic nitrogens is 2. The summed E-state index contributed by atoms with van der Waals surface area (Å²) in [6, 6.07) is 13.5. The lowest BCUT2D eigenvalue weighted by molar-refractivity contribution is 0.0549. The first kappa shape index (κ1) is 18.7. The van der Waals surface area contributed by atoms with E-state index < -0.39 is 11.9 Å². The van der Waals surface area contributed by atoms with Gasteiger partial charge in [0.1, 0.15) is 17.0 Å². The van der Waals surface area contributed by atoms with Crippen LogP contribution in [0.1, 0.15) is 20.8 Å². The Kier molecular flexibility index (Phi) is 5.27. The molecule has 1 N–H and O–H groups in total. The van der Waals surface area contributed by atoms with Gasteiger partial charge in [-0.05, 0) is 30.3 Å². The molecule has 0 aliphatic rings. The molecule has 1 heterocycles. The number of hydrogen-bond donors (Lipinski definition) is 1. The number of ether oxygens (including phenoxy) is 2. The number of hydrogen-bond acceptors (Lipinski definition) is 6. The van der Waals surface area contributed by atoms with Crippen LogP contribution in [0.25, 0.3) is 16.9 Å². The predicted octanol–water partition coefficient (Wildman–Crippen LogP) is 3.58. The van der Waals surface area contributed by atoms with Crippen molar-refractivity contribution in [2.24, 2.45) is 0 Å². The van der Waals surface area contributed by atoms with Crippen molar-refractivity contribution in [1.29, 1.82) is 0 Å². The van der Waals surface area contributed by atoms with Crippen LogP contribution in [0.15, 0.2) is 53.0 Å². The number of para-hydroxylation sites is 1. The molecule has 0 atom stereocenters. The van der Waals surface area contributed by atoms with Gasteiger partial charge in [0.25, 0.3) is 0 Å². The number of carbonyl (C=O) groups is 2. The van der Waals surface area contributed by atoms with Crippen LogP contribution >= 0.6 is 15.9 Å². The second kappa shape index (κ2) is 7.63. The molecular formula is C19H15BrN2O5. The molecule has 0 unspecified atom stereocenters. The first-order valence-electron chi connectivity index (χ1n) is 7.82. The molecule has 0 spiro atoms. The van der Waals surface area contributed by atoms with Gasteiger partial charge in [-0.2, -0.15) is 5.10 Å². The zero-order valence-electron chi connectivity index (χ0n) is 14.5. The minimum absolute atomic E-state index is 0.0927. The number of rotatable bonds is 4. The second-order valence-corrected chi connectivity index (χ2v) is 6.38. The van der Waals surface area contributed by atoms with Crippen LogP contribution in [0.3, 0.4) is 0 Å². The van der Waals surface area contributed by atoms with Crippen molar-refractivity contribution in [3.63, 3.8) is 0 Å². The van der Waals surface area contributed by atoms with Crippen molar-refractivity contribution in [3.8, 4) is 22.7 Å². The minimum atomic E-state index is -0.771. The molecule has 0 saturated carbocycles. The molecule has 7 nitrogen and oxygen atoms in total. The molecule has 8 heteroatoms. The summed E-state index contributed by atoms with van der Waals surface area (Å²) in [6.45, 7) is 0. The van der Waals surface area contributed by atoms with Crippen LogP contribution in [0.2, 0.25) is 0 Å². The molecule has 0 aliphatic carbocycles. The Morgan fingerprint density at radius 3 is 2.33 bits per heavy atom. The summed E-state index contributed by atoms with van der Waals surface area (Å²) in [4.78, 5) is 25.0. The van der Waals surface area contributed by atoms with Gasteiger partial charge in [-0.25, -0.2) is 14.3 Å². The van der Waals surface area contributed by atoms with Crippen LogP contribution in [0, 0.1) is 0 Å². The Bertz CT molecular complexity index is 1010. The van der Waals surface area contributed by atoms with E-state index in [1.54, 1.807) is 36.4 Å². The van der Waals surface area contributed by atoms with Gasteiger partial charge in [0.2, 0.25) is 0 Å². The number of halogens is 1. The maximum atomic E-state index is 12.5. The largest absolute Gasteiger partial charge is 0.507 e. The number of phenols is 1. The SMILES string of the molecule is COC(=O)c1c(-c2cc(Br)ccc2O)nn(-c2ccccc2)c1C(=O)OC. The number of phenolic OH excluding ortho intramolecular Hbond substituents is 1. The average molecular weight is 431 g/mol. The van der Waals surface area contributed by atoms with Gasteiger partial charge in [-0.1, -0.05) is 34.1 Å². The first-order valence-corrected chi connectivity index (χ1v) is 8.61. The van der Waals surface area contributed by atoms with Gasteiger partial charge in [0.05, 0.1) is 19.9 Å². The highest BCUT2D eigenvalue weighted by Crippen LogP contribution is 2.36. The Morgan fingerprint density at radius 1 is 1.04 bits per heavy atom. The fraction of sp³-hybridized carbons (Fsp3) is 0.105. The molecule has 138 valence electrons. The van der Waals surface area contributed by atoms with Gasteiger partial charge >= 0.3 is 11.9 Å². The summed E-state index contributed by atoms with van der Waals surface area (Å²) in [6.07, 6.45) is 0. The predicted molar refractivity (Wildman–Crippen MR) is 101 cm³/mol. The molecule has 2 aromatic carbocycles. The first-order chi connectivity index (χ1) is 13.0. The van der Waals surface area contributed by atoms with E-state index in [4.69, 9.17) is 9.47 Å². The van der Waals surface area contributed by atoms with Crippen LogP contribution in [0.4, 0.5) is 0 Å². The summed E-state index contributed by atoms with van der Waals surface area (Å²) >= 11 is 3.33. The van der Waals surface area contributed by atoms with E-state index in [1.807, 2.05) is 6.07 Å². The number of nitrogens with zero attached hydrogens (tertiary/aromatic N) is 2. The number of benzene rings is 2. The van der Waals surface area contributed by atoms with E-state index in [9.17, 15) is 14.7 Å². The normalized spacial score (nSPS) is 10.5. The molecule has 3 aromatic rings. The second-order valence-electron chi connectivity index (χ2n) is 5.46. The lowest BCUT2D eigenvalue weighted by atomic mass is 10.0. The third kappa shape index (κ3) is 3.43. The Morgan fingerprint density at radius 2 is 1.70 bits per heavy atom. The summed E-state index contributed by atoms with van der Waals surface area (Å²) in [5.74, 6) is -1.63. The Hall–Kier alpha value is -3.13. The third-order valence-electron chi connectivity index (χ3n) is 3.87. The van der Waals surface area contributed by atoms with Crippen molar-refractivity contribution in [2.75, 3.05) is 14.2 Å². The number of methoxy groups -OCH3 is 2. The summed E-state index contributed by atoms with van der Waals surface area (Å²) < 4.78 is 11.7. The quantitative estimate of drug-likeness (QED) is 0.636. The van der Waals surface area contributed by atoms with Crippen molar-refractivity contribution >= 4 is 27.9 Å². The fourth-order valence-corrected chi connectivity index (χ4v) is 3.00. The van der Waals surface area contributed by atoms with Gasteiger partial charge in [0.15, 0.2) is 5.69 Å². The fourth-order valence-electron chi connectivity index (χ4n) is 2.64. The number of esters is 2. The van der Waals surface area contributed by atoms with Crippen molar-refractivity contribution in [1.82, 2.24) is 9.78 Å². The molecule has 0 aliphatic heterocycles. The molecule has 0 saturated heterocycles. The van der Waals surface area contributed by atoms with Crippen LogP contribution in [-0.4, -0.2) is 41.0 Å². The molecule has 1 aromatic heterocycles. The minimum Gasteiger partial charge on any atom is -0.507 e. The highest BCUT2D eigenvalue weighted by molar-refractivity contribution is 9.10. The Balaban J connectivity index is 2.40. The number of aromatic hydroxyl groups is 1. The topological polar surface area (TPSA) is 90.6 Å². The molecule has 0 fully saturated rings. The molecule has 0 radical (unpaired) electrons. The van der Waals surface area contributed by atoms with Gasteiger partial charge < -0.3 is 14.6 Å². The van der Waals surface area contributed by atoms with E-state index in [0.29, 0.717) is 10.2 Å². The summed E-state index contributed by atoms with van der Waals surface area (Å²) in [5.41, 5.74) is 0.727. The lowest BCUT2D eigenvalue weighted by Gasteiger charge is -2.07. The highest BCUT2D eigenvalue weighted by Gasteiger charge is 2.32. The van der Waals surface area contributed by atoms with Crippen LogP contribution in [-0.2, 0) is 9.47 Å². The summed E-state index contributed by atoms with van der Waals surface area (Å²) in [5, 5.41) is 14.7. The summed E-state index contributed by atoms with van der Waals surface area (Å²) in [7, 11) is 2.41. The van der Waals surface area contributed by atoms with E-state index >= 15 is 0 Å². The lowest BCUT2D eigenvalue weighted by Crippen LogP contribution is -2.15. The smallest absolute Gasteiger partial charge is 0.357 e. The maximum absolute atomic E-state index is 12.5. The van der Waals surface area contributed by atoms with Gasteiger partial charge in [-0.3, -0.25) is 0 Å². The zero-order valence-corrected chi connectivity index (χ0v) is 16.1. The Labute approximate surface area is 163 Å². The van der Waals surface area contributed by atoms with Crippen molar-refractivity contribution < 1.29 is 24.2 Å². The molecular weight excluding hydrogens is 416 g/mol. The zero-order chi connectivity index (χ0) is 19.6. The van der Waals surface area contributed by atoms with Gasteiger partial charge in [0, 0.05) is 10.0 Å². The monoisotopic (exact) mass is 430 g/mol. The van der Waals surface area contributed by atoms with Gasteiger partial charge in [-0.15, -0.1) is 0 Å². The van der Waals surface area contributed by atoms with E-state index in [0.717, 1.165) is 0 Å². The van der Waals surface area contributed by atoms with E-state index in [-0.39, 0.29) is 28.3 Å². The molecule has 0 amide bonds. The standard InChI is InChI=1S/C19H15BrN2O5/c1-26-18(24)15-16(13-10-11(20)8-9-14(13)23)21-22(17(15)19(25)27-2)12-6-4-3-5-7-12/h3-10,23H,1-2H3. The maximum Gasteiger partial charge on any atom is 0.357 e. The van der Waals surface area contributed by atoms with E-state index in [2.05, 4.69) is 21.0 Å². The molecule has 3 rings (SSSR count). The van der Waals surface area contributed by atoms with Crippen LogP contribution in [0.5, 0.6) is 5.75 Å². The highest BCUT2D eigenvalue weighted by atomic mass is 79.9.